The number of halogens is 4. The lowest BCUT2D eigenvalue weighted by Gasteiger charge is -2.13. The van der Waals surface area contributed by atoms with Crippen LogP contribution in [0.2, 0.25) is 0 Å². The SMILES string of the molecule is CC(=O)C(Br)c1cc(C(F)(F)F)ccc1C=O. The largest absolute Gasteiger partial charge is 0.416 e. The lowest BCUT2D eigenvalue weighted by molar-refractivity contribution is -0.137. The molecule has 0 amide bonds. The molecule has 92 valence electrons. The molecular weight excluding hydrogens is 301 g/mol. The van der Waals surface area contributed by atoms with Gasteiger partial charge in [0.25, 0.3) is 0 Å². The van der Waals surface area contributed by atoms with Crippen molar-refractivity contribution in [2.75, 3.05) is 0 Å². The highest BCUT2D eigenvalue weighted by molar-refractivity contribution is 9.09. The number of aldehydes is 1. The van der Waals surface area contributed by atoms with E-state index >= 15 is 0 Å². The van der Waals surface area contributed by atoms with Gasteiger partial charge in [-0.25, -0.2) is 0 Å². The number of hydrogen-bond acceptors (Lipinski definition) is 2. The second-order valence-electron chi connectivity index (χ2n) is 3.43. The second kappa shape index (κ2) is 5.00. The van der Waals surface area contributed by atoms with Gasteiger partial charge >= 0.3 is 6.18 Å². The molecule has 1 aromatic carbocycles. The molecule has 1 aromatic rings. The van der Waals surface area contributed by atoms with Gasteiger partial charge in [0.05, 0.1) is 10.4 Å². The maximum absolute atomic E-state index is 12.5. The third-order valence-electron chi connectivity index (χ3n) is 2.17. The highest BCUT2D eigenvalue weighted by atomic mass is 79.9. The van der Waals surface area contributed by atoms with Crippen LogP contribution in [0.5, 0.6) is 0 Å². The van der Waals surface area contributed by atoms with Gasteiger partial charge in [0, 0.05) is 5.56 Å². The fraction of sp³-hybridized carbons (Fsp3) is 0.273. The van der Waals surface area contributed by atoms with Crippen molar-refractivity contribution in [1.29, 1.82) is 0 Å². The van der Waals surface area contributed by atoms with Crippen LogP contribution in [0.25, 0.3) is 0 Å². The van der Waals surface area contributed by atoms with Gasteiger partial charge in [-0.05, 0) is 24.6 Å². The fourth-order valence-electron chi connectivity index (χ4n) is 1.30. The molecule has 0 saturated heterocycles. The Morgan fingerprint density at radius 3 is 2.41 bits per heavy atom. The summed E-state index contributed by atoms with van der Waals surface area (Å²) in [7, 11) is 0. The Kier molecular flexibility index (Phi) is 4.08. The van der Waals surface area contributed by atoms with Crippen LogP contribution in [-0.2, 0) is 11.0 Å². The normalized spacial score (nSPS) is 13.2. The summed E-state index contributed by atoms with van der Waals surface area (Å²) in [5, 5.41) is 0. The summed E-state index contributed by atoms with van der Waals surface area (Å²) in [6.45, 7) is 1.23. The van der Waals surface area contributed by atoms with E-state index in [4.69, 9.17) is 0 Å². The molecule has 2 nitrogen and oxygen atoms in total. The average Bonchev–Trinajstić information content (AvgIpc) is 2.25. The third kappa shape index (κ3) is 3.15. The van der Waals surface area contributed by atoms with Crippen LogP contribution < -0.4 is 0 Å². The molecule has 1 rings (SSSR count). The van der Waals surface area contributed by atoms with Crippen LogP contribution in [0.15, 0.2) is 18.2 Å². The predicted octanol–water partition coefficient (Wildman–Crippen LogP) is 3.54. The van der Waals surface area contributed by atoms with Gasteiger partial charge in [0.1, 0.15) is 12.1 Å². The summed E-state index contributed by atoms with van der Waals surface area (Å²) in [6, 6.07) is 2.68. The van der Waals surface area contributed by atoms with E-state index in [9.17, 15) is 22.8 Å². The molecule has 0 N–H and O–H groups in total. The quantitative estimate of drug-likeness (QED) is 0.632. The lowest BCUT2D eigenvalue weighted by Crippen LogP contribution is -2.10. The molecule has 0 bridgehead atoms. The van der Waals surface area contributed by atoms with Crippen LogP contribution in [0.4, 0.5) is 13.2 Å². The van der Waals surface area contributed by atoms with Crippen LogP contribution >= 0.6 is 15.9 Å². The lowest BCUT2D eigenvalue weighted by atomic mass is 10.00. The molecule has 0 aromatic heterocycles. The van der Waals surface area contributed by atoms with Crippen molar-refractivity contribution in [3.63, 3.8) is 0 Å². The smallest absolute Gasteiger partial charge is 0.298 e. The highest BCUT2D eigenvalue weighted by Crippen LogP contribution is 2.34. The number of carbonyl (C=O) groups is 2. The van der Waals surface area contributed by atoms with Crippen molar-refractivity contribution in [1.82, 2.24) is 0 Å². The number of rotatable bonds is 3. The molecule has 0 aliphatic heterocycles. The summed E-state index contributed by atoms with van der Waals surface area (Å²) < 4.78 is 37.4. The first-order valence-corrected chi connectivity index (χ1v) is 5.49. The first-order chi connectivity index (χ1) is 7.77. The van der Waals surface area contributed by atoms with E-state index in [1.54, 1.807) is 0 Å². The van der Waals surface area contributed by atoms with Gasteiger partial charge in [-0.15, -0.1) is 0 Å². The van der Waals surface area contributed by atoms with Crippen LogP contribution in [0.3, 0.4) is 0 Å². The molecule has 1 unspecified atom stereocenters. The Balaban J connectivity index is 3.34. The van der Waals surface area contributed by atoms with E-state index in [-0.39, 0.29) is 16.9 Å². The summed E-state index contributed by atoms with van der Waals surface area (Å²) in [5.74, 6) is -0.368. The highest BCUT2D eigenvalue weighted by Gasteiger charge is 2.32. The van der Waals surface area contributed by atoms with Crippen molar-refractivity contribution in [3.8, 4) is 0 Å². The van der Waals surface area contributed by atoms with Gasteiger partial charge in [-0.3, -0.25) is 9.59 Å². The Labute approximate surface area is 104 Å². The Morgan fingerprint density at radius 1 is 1.41 bits per heavy atom. The standard InChI is InChI=1S/C11H8BrF3O2/c1-6(17)10(12)9-4-8(11(13,14)15)3-2-7(9)5-16/h2-5,10H,1H3. The molecule has 6 heteroatoms. The van der Waals surface area contributed by atoms with Crippen LogP contribution in [0.1, 0.15) is 33.2 Å². The number of benzene rings is 1. The number of carbonyl (C=O) groups excluding carboxylic acids is 2. The van der Waals surface area contributed by atoms with Crippen molar-refractivity contribution in [2.24, 2.45) is 0 Å². The summed E-state index contributed by atoms with van der Waals surface area (Å²) in [5.41, 5.74) is -0.791. The minimum absolute atomic E-state index is 0.0299. The molecule has 0 saturated carbocycles. The third-order valence-corrected chi connectivity index (χ3v) is 3.31. The zero-order valence-electron chi connectivity index (χ0n) is 8.72. The second-order valence-corrected chi connectivity index (χ2v) is 4.35. The van der Waals surface area contributed by atoms with E-state index in [0.29, 0.717) is 6.29 Å². The monoisotopic (exact) mass is 308 g/mol. The number of Topliss-reactive ketones (excluding diaryl/α,β-unsaturated/α-hetero) is 1. The summed E-state index contributed by atoms with van der Waals surface area (Å²) in [4.78, 5) is 20.9. The van der Waals surface area contributed by atoms with Crippen LogP contribution in [-0.4, -0.2) is 12.1 Å². The molecule has 17 heavy (non-hydrogen) atoms. The first kappa shape index (κ1) is 13.9. The fourth-order valence-corrected chi connectivity index (χ4v) is 1.69. The first-order valence-electron chi connectivity index (χ1n) is 4.58. The van der Waals surface area contributed by atoms with Gasteiger partial charge in [-0.2, -0.15) is 13.2 Å². The molecule has 0 heterocycles. The number of ketones is 1. The molecule has 0 aliphatic carbocycles. The van der Waals surface area contributed by atoms with Crippen molar-refractivity contribution in [2.45, 2.75) is 17.9 Å². The van der Waals surface area contributed by atoms with E-state index in [0.717, 1.165) is 18.2 Å². The van der Waals surface area contributed by atoms with E-state index in [2.05, 4.69) is 15.9 Å². The van der Waals surface area contributed by atoms with Gasteiger partial charge in [-0.1, -0.05) is 22.0 Å². The summed E-state index contributed by atoms with van der Waals surface area (Å²) >= 11 is 2.97. The summed E-state index contributed by atoms with van der Waals surface area (Å²) in [6.07, 6.45) is -4.08. The van der Waals surface area contributed by atoms with E-state index < -0.39 is 16.6 Å². The molecule has 0 radical (unpaired) electrons. The zero-order chi connectivity index (χ0) is 13.2. The zero-order valence-corrected chi connectivity index (χ0v) is 10.3. The maximum Gasteiger partial charge on any atom is 0.416 e. The van der Waals surface area contributed by atoms with Crippen molar-refractivity contribution < 1.29 is 22.8 Å². The molecule has 1 atom stereocenters. The molecule has 0 spiro atoms. The van der Waals surface area contributed by atoms with Gasteiger partial charge in [0.2, 0.25) is 0 Å². The van der Waals surface area contributed by atoms with Crippen molar-refractivity contribution >= 4 is 28.0 Å². The van der Waals surface area contributed by atoms with Crippen molar-refractivity contribution in [3.05, 3.63) is 34.9 Å². The van der Waals surface area contributed by atoms with E-state index in [1.807, 2.05) is 0 Å². The topological polar surface area (TPSA) is 34.1 Å². The minimum atomic E-state index is -4.50. The minimum Gasteiger partial charge on any atom is -0.298 e. The maximum atomic E-state index is 12.5. The Hall–Kier alpha value is -1.17. The Morgan fingerprint density at radius 2 is 2.00 bits per heavy atom. The van der Waals surface area contributed by atoms with Gasteiger partial charge in [0.15, 0.2) is 0 Å². The molecule has 0 aliphatic rings. The van der Waals surface area contributed by atoms with E-state index in [1.165, 1.54) is 6.92 Å². The Bertz CT molecular complexity index is 455. The average molecular weight is 309 g/mol. The number of alkyl halides is 4. The predicted molar refractivity (Wildman–Crippen MR) is 59.2 cm³/mol. The molecular formula is C11H8BrF3O2. The number of hydrogen-bond donors (Lipinski definition) is 0. The molecule has 0 fully saturated rings. The van der Waals surface area contributed by atoms with Gasteiger partial charge < -0.3 is 0 Å². The van der Waals surface area contributed by atoms with Crippen LogP contribution in [0, 0.1) is 0 Å².